The molecule has 0 spiro atoms. The van der Waals surface area contributed by atoms with E-state index in [0.717, 1.165) is 5.56 Å². The third kappa shape index (κ3) is 2.61. The van der Waals surface area contributed by atoms with Crippen LogP contribution in [0.5, 0.6) is 0 Å². The molecule has 1 atom stereocenters. The van der Waals surface area contributed by atoms with Crippen LogP contribution in [0.1, 0.15) is 19.4 Å². The van der Waals surface area contributed by atoms with Crippen molar-refractivity contribution in [3.05, 3.63) is 35.9 Å². The number of methoxy groups -OCH3 is 1. The minimum atomic E-state index is -0.730. The molecule has 0 aliphatic carbocycles. The molecule has 0 aliphatic heterocycles. The van der Waals surface area contributed by atoms with Crippen LogP contribution in [0.25, 0.3) is 0 Å². The lowest BCUT2D eigenvalue weighted by Crippen LogP contribution is -2.38. The van der Waals surface area contributed by atoms with E-state index in [1.165, 1.54) is 0 Å². The molecular weight excluding hydrogens is 204 g/mol. The van der Waals surface area contributed by atoms with Gasteiger partial charge in [-0.25, -0.2) is 0 Å². The Balaban J connectivity index is 3.01. The van der Waals surface area contributed by atoms with Gasteiger partial charge < -0.3 is 9.47 Å². The number of hydrogen-bond donors (Lipinski definition) is 0. The Morgan fingerprint density at radius 2 is 1.94 bits per heavy atom. The molecule has 0 heterocycles. The van der Waals surface area contributed by atoms with Crippen LogP contribution in [-0.4, -0.2) is 26.3 Å². The second-order valence-electron chi connectivity index (χ2n) is 3.85. The maximum Gasteiger partial charge on any atom is 0.318 e. The highest BCUT2D eigenvalue weighted by Gasteiger charge is 2.36. The van der Waals surface area contributed by atoms with Gasteiger partial charge in [-0.05, 0) is 19.4 Å². The van der Waals surface area contributed by atoms with Gasteiger partial charge in [-0.2, -0.15) is 0 Å². The van der Waals surface area contributed by atoms with E-state index in [2.05, 4.69) is 0 Å². The fourth-order valence-electron chi connectivity index (χ4n) is 1.65. The Morgan fingerprint density at radius 1 is 1.31 bits per heavy atom. The summed E-state index contributed by atoms with van der Waals surface area (Å²) in [6.07, 6.45) is 0. The highest BCUT2D eigenvalue weighted by molar-refractivity contribution is 5.82. The third-order valence-corrected chi connectivity index (χ3v) is 2.57. The summed E-state index contributed by atoms with van der Waals surface area (Å²) in [5, 5.41) is 0. The number of hydrogen-bond acceptors (Lipinski definition) is 3. The van der Waals surface area contributed by atoms with Crippen molar-refractivity contribution in [1.82, 2.24) is 0 Å². The lowest BCUT2D eigenvalue weighted by atomic mass is 9.83. The fourth-order valence-corrected chi connectivity index (χ4v) is 1.65. The topological polar surface area (TPSA) is 35.5 Å². The highest BCUT2D eigenvalue weighted by atomic mass is 16.5. The molecule has 1 rings (SSSR count). The van der Waals surface area contributed by atoms with E-state index in [1.807, 2.05) is 37.3 Å². The Labute approximate surface area is 96.4 Å². The molecular formula is C13H18O3. The number of benzene rings is 1. The van der Waals surface area contributed by atoms with Gasteiger partial charge in [-0.1, -0.05) is 30.3 Å². The zero-order valence-electron chi connectivity index (χ0n) is 10.0. The van der Waals surface area contributed by atoms with Crippen molar-refractivity contribution in [1.29, 1.82) is 0 Å². The monoisotopic (exact) mass is 222 g/mol. The molecule has 0 bridgehead atoms. The average molecular weight is 222 g/mol. The minimum absolute atomic E-state index is 0.247. The van der Waals surface area contributed by atoms with E-state index in [1.54, 1.807) is 14.0 Å². The fraction of sp³-hybridized carbons (Fsp3) is 0.462. The maximum atomic E-state index is 12.0. The Bertz CT molecular complexity index is 334. The van der Waals surface area contributed by atoms with Gasteiger partial charge in [-0.15, -0.1) is 0 Å². The van der Waals surface area contributed by atoms with E-state index in [-0.39, 0.29) is 5.97 Å². The van der Waals surface area contributed by atoms with Gasteiger partial charge in [0.1, 0.15) is 5.41 Å². The predicted octanol–water partition coefficient (Wildman–Crippen LogP) is 2.15. The van der Waals surface area contributed by atoms with Gasteiger partial charge in [0.25, 0.3) is 0 Å². The van der Waals surface area contributed by atoms with Crippen molar-refractivity contribution in [2.24, 2.45) is 0 Å². The summed E-state index contributed by atoms with van der Waals surface area (Å²) in [7, 11) is 1.58. The third-order valence-electron chi connectivity index (χ3n) is 2.57. The van der Waals surface area contributed by atoms with E-state index < -0.39 is 5.41 Å². The molecule has 0 aliphatic rings. The lowest BCUT2D eigenvalue weighted by molar-refractivity contribution is -0.151. The Kier molecular flexibility index (Phi) is 4.50. The van der Waals surface area contributed by atoms with Crippen molar-refractivity contribution < 1.29 is 14.3 Å². The molecule has 16 heavy (non-hydrogen) atoms. The average Bonchev–Trinajstić information content (AvgIpc) is 2.30. The van der Waals surface area contributed by atoms with Gasteiger partial charge in [0.05, 0.1) is 13.2 Å². The zero-order valence-corrected chi connectivity index (χ0v) is 10.0. The lowest BCUT2D eigenvalue weighted by Gasteiger charge is -2.26. The van der Waals surface area contributed by atoms with Crippen LogP contribution in [0.2, 0.25) is 0 Å². The van der Waals surface area contributed by atoms with Gasteiger partial charge in [0.15, 0.2) is 0 Å². The maximum absolute atomic E-state index is 12.0. The van der Waals surface area contributed by atoms with Gasteiger partial charge in [0.2, 0.25) is 0 Å². The molecule has 0 saturated heterocycles. The number of carbonyl (C=O) groups excluding carboxylic acids is 1. The largest absolute Gasteiger partial charge is 0.465 e. The molecule has 0 aromatic heterocycles. The molecule has 0 saturated carbocycles. The SMILES string of the molecule is CCOC(=O)C(C)(COC)c1ccccc1. The van der Waals surface area contributed by atoms with E-state index in [0.29, 0.717) is 13.2 Å². The minimum Gasteiger partial charge on any atom is -0.465 e. The summed E-state index contributed by atoms with van der Waals surface area (Å²) in [4.78, 5) is 12.0. The molecule has 1 aromatic carbocycles. The molecule has 0 radical (unpaired) electrons. The molecule has 0 fully saturated rings. The molecule has 88 valence electrons. The molecule has 0 amide bonds. The first-order chi connectivity index (χ1) is 7.65. The van der Waals surface area contributed by atoms with Gasteiger partial charge in [0, 0.05) is 7.11 Å². The summed E-state index contributed by atoms with van der Waals surface area (Å²) in [5.74, 6) is -0.247. The van der Waals surface area contributed by atoms with Crippen molar-refractivity contribution in [3.8, 4) is 0 Å². The summed E-state index contributed by atoms with van der Waals surface area (Å²) in [6.45, 7) is 4.33. The van der Waals surface area contributed by atoms with Crippen LogP contribution in [0.15, 0.2) is 30.3 Å². The van der Waals surface area contributed by atoms with E-state index in [4.69, 9.17) is 9.47 Å². The van der Waals surface area contributed by atoms with Crippen LogP contribution >= 0.6 is 0 Å². The smallest absolute Gasteiger partial charge is 0.318 e. The van der Waals surface area contributed by atoms with E-state index in [9.17, 15) is 4.79 Å². The van der Waals surface area contributed by atoms with Crippen LogP contribution in [0.4, 0.5) is 0 Å². The molecule has 3 heteroatoms. The first-order valence-electron chi connectivity index (χ1n) is 5.37. The second kappa shape index (κ2) is 5.66. The van der Waals surface area contributed by atoms with Crippen LogP contribution < -0.4 is 0 Å². The van der Waals surface area contributed by atoms with Crippen molar-refractivity contribution in [3.63, 3.8) is 0 Å². The van der Waals surface area contributed by atoms with Crippen LogP contribution in [0.3, 0.4) is 0 Å². The number of rotatable bonds is 5. The van der Waals surface area contributed by atoms with Crippen LogP contribution in [0, 0.1) is 0 Å². The van der Waals surface area contributed by atoms with E-state index >= 15 is 0 Å². The summed E-state index contributed by atoms with van der Waals surface area (Å²) >= 11 is 0. The normalized spacial score (nSPS) is 14.2. The molecule has 0 N–H and O–H groups in total. The summed E-state index contributed by atoms with van der Waals surface area (Å²) in [5.41, 5.74) is 0.182. The van der Waals surface area contributed by atoms with Crippen LogP contribution in [-0.2, 0) is 19.7 Å². The van der Waals surface area contributed by atoms with Crippen molar-refractivity contribution in [2.75, 3.05) is 20.3 Å². The number of carbonyl (C=O) groups is 1. The van der Waals surface area contributed by atoms with Crippen molar-refractivity contribution >= 4 is 5.97 Å². The molecule has 1 unspecified atom stereocenters. The van der Waals surface area contributed by atoms with Crippen molar-refractivity contribution in [2.45, 2.75) is 19.3 Å². The molecule has 1 aromatic rings. The summed E-state index contributed by atoms with van der Waals surface area (Å²) < 4.78 is 10.2. The second-order valence-corrected chi connectivity index (χ2v) is 3.85. The first kappa shape index (κ1) is 12.7. The number of esters is 1. The zero-order chi connectivity index (χ0) is 12.0. The number of ether oxygens (including phenoxy) is 2. The predicted molar refractivity (Wildman–Crippen MR) is 62.3 cm³/mol. The standard InChI is InChI=1S/C13H18O3/c1-4-16-12(14)13(2,10-15-3)11-8-6-5-7-9-11/h5-9H,4,10H2,1-3H3. The quantitative estimate of drug-likeness (QED) is 0.716. The molecule has 3 nitrogen and oxygen atoms in total. The Morgan fingerprint density at radius 3 is 2.44 bits per heavy atom. The first-order valence-corrected chi connectivity index (χ1v) is 5.37. The summed E-state index contributed by atoms with van der Waals surface area (Å²) in [6, 6.07) is 9.55. The van der Waals surface area contributed by atoms with Gasteiger partial charge >= 0.3 is 5.97 Å². The highest BCUT2D eigenvalue weighted by Crippen LogP contribution is 2.25. The Hall–Kier alpha value is -1.35. The van der Waals surface area contributed by atoms with Gasteiger partial charge in [-0.3, -0.25) is 4.79 Å².